The summed E-state index contributed by atoms with van der Waals surface area (Å²) >= 11 is 2.87. The highest BCUT2D eigenvalue weighted by atomic mass is 32.1. The molecular formula is C15H21N5OS2. The van der Waals surface area contributed by atoms with Gasteiger partial charge in [0.15, 0.2) is 0 Å². The van der Waals surface area contributed by atoms with Crippen LogP contribution >= 0.6 is 22.9 Å². The molecule has 124 valence electrons. The van der Waals surface area contributed by atoms with Crippen molar-refractivity contribution in [3.63, 3.8) is 0 Å². The fraction of sp³-hybridized carbons (Fsp3) is 0.600. The predicted octanol–water partition coefficient (Wildman–Crippen LogP) is 2.56. The summed E-state index contributed by atoms with van der Waals surface area (Å²) in [4.78, 5) is 26.6. The van der Waals surface area contributed by atoms with E-state index in [2.05, 4.69) is 40.0 Å². The van der Waals surface area contributed by atoms with Gasteiger partial charge in [0, 0.05) is 43.1 Å². The summed E-state index contributed by atoms with van der Waals surface area (Å²) in [7, 11) is 0. The van der Waals surface area contributed by atoms with Gasteiger partial charge >= 0.3 is 0 Å². The molecule has 3 rings (SSSR count). The lowest BCUT2D eigenvalue weighted by Crippen LogP contribution is -2.49. The second-order valence-corrected chi connectivity index (χ2v) is 8.27. The van der Waals surface area contributed by atoms with Crippen LogP contribution in [-0.2, 0) is 5.41 Å². The van der Waals surface area contributed by atoms with Crippen molar-refractivity contribution < 1.29 is 4.79 Å². The molecule has 0 atom stereocenters. The summed E-state index contributed by atoms with van der Waals surface area (Å²) in [6.45, 7) is 11.2. The van der Waals surface area contributed by atoms with Crippen LogP contribution in [0, 0.1) is 6.92 Å². The molecule has 1 aliphatic rings. The molecule has 0 aromatic carbocycles. The molecule has 0 radical (unpaired) electrons. The number of anilines is 1. The largest absolute Gasteiger partial charge is 0.343 e. The molecule has 6 nitrogen and oxygen atoms in total. The van der Waals surface area contributed by atoms with Crippen molar-refractivity contribution in [3.8, 4) is 0 Å². The first-order chi connectivity index (χ1) is 10.9. The number of piperazine rings is 1. The Balaban J connectivity index is 1.68. The molecular weight excluding hydrogens is 330 g/mol. The van der Waals surface area contributed by atoms with E-state index in [1.54, 1.807) is 5.51 Å². The zero-order valence-corrected chi connectivity index (χ0v) is 15.5. The summed E-state index contributed by atoms with van der Waals surface area (Å²) in [5.41, 5.74) is 2.56. The van der Waals surface area contributed by atoms with Gasteiger partial charge in [-0.3, -0.25) is 4.79 Å². The van der Waals surface area contributed by atoms with Gasteiger partial charge in [-0.1, -0.05) is 20.8 Å². The average molecular weight is 352 g/mol. The molecule has 0 spiro atoms. The first-order valence-electron chi connectivity index (χ1n) is 7.65. The van der Waals surface area contributed by atoms with E-state index in [0.29, 0.717) is 13.1 Å². The summed E-state index contributed by atoms with van der Waals surface area (Å²) in [6.07, 6.45) is 0. The van der Waals surface area contributed by atoms with E-state index < -0.39 is 0 Å². The predicted molar refractivity (Wildman–Crippen MR) is 93.6 cm³/mol. The molecule has 1 aliphatic heterocycles. The Labute approximate surface area is 144 Å². The van der Waals surface area contributed by atoms with Crippen molar-refractivity contribution in [1.29, 1.82) is 0 Å². The molecule has 8 heteroatoms. The van der Waals surface area contributed by atoms with Gasteiger partial charge in [0.25, 0.3) is 5.91 Å². The zero-order valence-electron chi connectivity index (χ0n) is 13.9. The van der Waals surface area contributed by atoms with Crippen LogP contribution in [0.15, 0.2) is 5.51 Å². The van der Waals surface area contributed by atoms with Crippen molar-refractivity contribution in [2.45, 2.75) is 33.1 Å². The van der Waals surface area contributed by atoms with Gasteiger partial charge in [0.2, 0.25) is 5.13 Å². The number of hydrogen-bond donors (Lipinski definition) is 0. The first kappa shape index (κ1) is 16.3. The van der Waals surface area contributed by atoms with E-state index in [-0.39, 0.29) is 11.3 Å². The maximum Gasteiger partial charge on any atom is 0.266 e. The van der Waals surface area contributed by atoms with Crippen LogP contribution in [0.1, 0.15) is 42.0 Å². The molecule has 1 amide bonds. The van der Waals surface area contributed by atoms with Crippen LogP contribution in [0.3, 0.4) is 0 Å². The number of aryl methyl sites for hydroxylation is 1. The van der Waals surface area contributed by atoms with E-state index in [9.17, 15) is 4.79 Å². The Hall–Kier alpha value is -1.54. The molecule has 2 aromatic heterocycles. The molecule has 0 bridgehead atoms. The maximum atomic E-state index is 12.8. The third-order valence-electron chi connectivity index (χ3n) is 3.83. The smallest absolute Gasteiger partial charge is 0.266 e. The number of carbonyl (C=O) groups is 1. The van der Waals surface area contributed by atoms with E-state index in [4.69, 9.17) is 0 Å². The Morgan fingerprint density at radius 3 is 2.48 bits per heavy atom. The number of thiazole rings is 1. The highest BCUT2D eigenvalue weighted by Crippen LogP contribution is 2.28. The number of carbonyl (C=O) groups excluding carboxylic acids is 1. The molecule has 1 saturated heterocycles. The average Bonchev–Trinajstić information content (AvgIpc) is 3.15. The molecule has 0 aliphatic carbocycles. The number of aromatic nitrogens is 3. The molecule has 0 saturated carbocycles. The van der Waals surface area contributed by atoms with Gasteiger partial charge in [-0.2, -0.15) is 4.37 Å². The quantitative estimate of drug-likeness (QED) is 0.832. The van der Waals surface area contributed by atoms with Crippen LogP contribution in [0.5, 0.6) is 0 Å². The van der Waals surface area contributed by atoms with Crippen LogP contribution in [0.2, 0.25) is 0 Å². The van der Waals surface area contributed by atoms with Crippen molar-refractivity contribution in [3.05, 3.63) is 21.9 Å². The standard InChI is InChI=1S/C15H21N5OS2/c1-10-17-14(23-18-10)20-7-5-19(6-8-20)13(21)11-12(15(2,3)4)16-9-22-11/h9H,5-8H2,1-4H3. The van der Waals surface area contributed by atoms with Gasteiger partial charge < -0.3 is 9.80 Å². The third kappa shape index (κ3) is 3.37. The van der Waals surface area contributed by atoms with Gasteiger partial charge in [-0.05, 0) is 6.92 Å². The zero-order chi connectivity index (χ0) is 16.6. The lowest BCUT2D eigenvalue weighted by molar-refractivity contribution is 0.0749. The number of nitrogens with zero attached hydrogens (tertiary/aromatic N) is 5. The second kappa shape index (κ2) is 6.16. The molecule has 1 fully saturated rings. The number of rotatable bonds is 2. The second-order valence-electron chi connectivity index (χ2n) is 6.68. The highest BCUT2D eigenvalue weighted by Gasteiger charge is 2.30. The van der Waals surface area contributed by atoms with E-state index in [1.807, 2.05) is 11.8 Å². The topological polar surface area (TPSA) is 62.2 Å². The molecule has 0 unspecified atom stereocenters. The summed E-state index contributed by atoms with van der Waals surface area (Å²) in [5.74, 6) is 0.911. The summed E-state index contributed by atoms with van der Waals surface area (Å²) < 4.78 is 4.23. The summed E-state index contributed by atoms with van der Waals surface area (Å²) in [5, 5.41) is 0.947. The van der Waals surface area contributed by atoms with Crippen molar-refractivity contribution >= 4 is 33.9 Å². The van der Waals surface area contributed by atoms with Crippen LogP contribution < -0.4 is 4.90 Å². The Bertz CT molecular complexity index is 695. The van der Waals surface area contributed by atoms with Crippen LogP contribution in [0.25, 0.3) is 0 Å². The maximum absolute atomic E-state index is 12.8. The Kier molecular flexibility index (Phi) is 4.37. The van der Waals surface area contributed by atoms with Crippen LogP contribution in [0.4, 0.5) is 5.13 Å². The molecule has 0 N–H and O–H groups in total. The minimum atomic E-state index is -0.114. The van der Waals surface area contributed by atoms with Gasteiger partial charge in [-0.25, -0.2) is 9.97 Å². The van der Waals surface area contributed by atoms with Crippen molar-refractivity contribution in [2.24, 2.45) is 0 Å². The van der Waals surface area contributed by atoms with E-state index >= 15 is 0 Å². The highest BCUT2D eigenvalue weighted by molar-refractivity contribution is 7.12. The Morgan fingerprint density at radius 2 is 1.91 bits per heavy atom. The van der Waals surface area contributed by atoms with Crippen molar-refractivity contribution in [2.75, 3.05) is 31.1 Å². The minimum absolute atomic E-state index is 0.102. The number of amides is 1. The Morgan fingerprint density at radius 1 is 1.22 bits per heavy atom. The fourth-order valence-electron chi connectivity index (χ4n) is 2.59. The fourth-order valence-corrected chi connectivity index (χ4v) is 4.28. The minimum Gasteiger partial charge on any atom is -0.343 e. The van der Waals surface area contributed by atoms with E-state index in [0.717, 1.165) is 34.6 Å². The van der Waals surface area contributed by atoms with Gasteiger partial charge in [-0.15, -0.1) is 11.3 Å². The monoisotopic (exact) mass is 351 g/mol. The van der Waals surface area contributed by atoms with Gasteiger partial charge in [0.1, 0.15) is 10.7 Å². The number of hydrogen-bond acceptors (Lipinski definition) is 7. The first-order valence-corrected chi connectivity index (χ1v) is 9.30. The van der Waals surface area contributed by atoms with Gasteiger partial charge in [0.05, 0.1) is 11.2 Å². The van der Waals surface area contributed by atoms with Crippen molar-refractivity contribution in [1.82, 2.24) is 19.2 Å². The SMILES string of the molecule is Cc1nsc(N2CCN(C(=O)c3scnc3C(C)(C)C)CC2)n1. The van der Waals surface area contributed by atoms with Crippen LogP contribution in [-0.4, -0.2) is 51.3 Å². The summed E-state index contributed by atoms with van der Waals surface area (Å²) in [6, 6.07) is 0. The lowest BCUT2D eigenvalue weighted by Gasteiger charge is -2.34. The molecule has 2 aromatic rings. The molecule has 23 heavy (non-hydrogen) atoms. The normalized spacial score (nSPS) is 16.0. The van der Waals surface area contributed by atoms with E-state index in [1.165, 1.54) is 22.9 Å². The third-order valence-corrected chi connectivity index (χ3v) is 5.51. The lowest BCUT2D eigenvalue weighted by atomic mass is 9.91. The molecule has 3 heterocycles.